The van der Waals surface area contributed by atoms with Crippen molar-refractivity contribution in [2.24, 2.45) is 0 Å². The second-order valence-corrected chi connectivity index (χ2v) is 5.87. The highest BCUT2D eigenvalue weighted by atomic mass is 32.1. The van der Waals surface area contributed by atoms with E-state index in [0.29, 0.717) is 0 Å². The van der Waals surface area contributed by atoms with Gasteiger partial charge in [-0.1, -0.05) is 31.5 Å². The number of rotatable bonds is 6. The molecule has 1 N–H and O–H groups in total. The molecule has 0 amide bonds. The summed E-state index contributed by atoms with van der Waals surface area (Å²) in [4.78, 5) is 16.0. The van der Waals surface area contributed by atoms with Gasteiger partial charge in [0, 0.05) is 11.1 Å². The quantitative estimate of drug-likeness (QED) is 0.798. The van der Waals surface area contributed by atoms with Gasteiger partial charge in [0.2, 0.25) is 0 Å². The molecular formula is C16H20N2OS. The molecule has 0 atom stereocenters. The maximum Gasteiger partial charge on any atom is 0.187 e. The van der Waals surface area contributed by atoms with Crippen molar-refractivity contribution in [2.45, 2.75) is 39.0 Å². The maximum absolute atomic E-state index is 11.4. The highest BCUT2D eigenvalue weighted by Gasteiger charge is 2.30. The summed E-state index contributed by atoms with van der Waals surface area (Å²) < 4.78 is 0. The molecule has 0 bridgehead atoms. The van der Waals surface area contributed by atoms with Crippen molar-refractivity contribution >= 4 is 28.4 Å². The van der Waals surface area contributed by atoms with Crippen molar-refractivity contribution in [3.8, 4) is 0 Å². The third kappa shape index (κ3) is 2.90. The summed E-state index contributed by atoms with van der Waals surface area (Å²) in [5, 5.41) is 6.10. The first kappa shape index (κ1) is 14.7. The number of carbonyl (C=O) groups is 1. The van der Waals surface area contributed by atoms with Gasteiger partial charge in [0.1, 0.15) is 6.29 Å². The van der Waals surface area contributed by atoms with Crippen LogP contribution in [0.15, 0.2) is 29.6 Å². The summed E-state index contributed by atoms with van der Waals surface area (Å²) in [6.45, 7) is 6.13. The Morgan fingerprint density at radius 3 is 2.45 bits per heavy atom. The minimum atomic E-state index is -0.441. The third-order valence-corrected chi connectivity index (χ3v) is 4.56. The largest absolute Gasteiger partial charge is 0.332 e. The summed E-state index contributed by atoms with van der Waals surface area (Å²) in [7, 11) is 0. The molecule has 1 heterocycles. The van der Waals surface area contributed by atoms with Crippen molar-refractivity contribution in [1.82, 2.24) is 4.98 Å². The second kappa shape index (κ2) is 6.18. The van der Waals surface area contributed by atoms with E-state index >= 15 is 0 Å². The number of aldehydes is 1. The molecule has 4 heteroatoms. The first-order valence-electron chi connectivity index (χ1n) is 6.89. The number of benzene rings is 1. The smallest absolute Gasteiger partial charge is 0.187 e. The lowest BCUT2D eigenvalue weighted by atomic mass is 9.81. The molecule has 20 heavy (non-hydrogen) atoms. The van der Waals surface area contributed by atoms with E-state index in [2.05, 4.69) is 29.4 Å². The zero-order valence-electron chi connectivity index (χ0n) is 12.1. The fourth-order valence-electron chi connectivity index (χ4n) is 2.16. The van der Waals surface area contributed by atoms with Crippen molar-refractivity contribution in [1.29, 1.82) is 0 Å². The van der Waals surface area contributed by atoms with Crippen LogP contribution in [0.4, 0.5) is 10.8 Å². The number of aryl methyl sites for hydroxylation is 1. The summed E-state index contributed by atoms with van der Waals surface area (Å²) in [6, 6.07) is 8.18. The van der Waals surface area contributed by atoms with Crippen LogP contribution in [-0.4, -0.2) is 11.3 Å². The van der Waals surface area contributed by atoms with E-state index in [1.165, 1.54) is 5.56 Å². The Hall–Kier alpha value is -1.68. The number of nitrogens with one attached hydrogen (secondary N) is 1. The topological polar surface area (TPSA) is 42.0 Å². The van der Waals surface area contributed by atoms with E-state index in [1.54, 1.807) is 11.3 Å². The predicted molar refractivity (Wildman–Crippen MR) is 84.9 cm³/mol. The molecule has 1 aromatic carbocycles. The van der Waals surface area contributed by atoms with Gasteiger partial charge in [-0.05, 0) is 31.9 Å². The lowest BCUT2D eigenvalue weighted by Gasteiger charge is -2.22. The van der Waals surface area contributed by atoms with Crippen LogP contribution in [0.2, 0.25) is 0 Å². The average molecular weight is 288 g/mol. The molecule has 0 unspecified atom stereocenters. The first-order chi connectivity index (χ1) is 9.63. The Balaban J connectivity index is 2.20. The highest BCUT2D eigenvalue weighted by Crippen LogP contribution is 2.32. The molecule has 0 aliphatic carbocycles. The van der Waals surface area contributed by atoms with Crippen LogP contribution in [0.3, 0.4) is 0 Å². The van der Waals surface area contributed by atoms with Crippen molar-refractivity contribution < 1.29 is 4.79 Å². The molecule has 3 nitrogen and oxygen atoms in total. The van der Waals surface area contributed by atoms with E-state index < -0.39 is 5.41 Å². The van der Waals surface area contributed by atoms with Gasteiger partial charge >= 0.3 is 0 Å². The fourth-order valence-corrected chi connectivity index (χ4v) is 3.00. The van der Waals surface area contributed by atoms with Crippen LogP contribution in [0, 0.1) is 6.92 Å². The van der Waals surface area contributed by atoms with Crippen LogP contribution < -0.4 is 5.32 Å². The van der Waals surface area contributed by atoms with E-state index in [0.717, 1.165) is 35.6 Å². The Bertz CT molecular complexity index is 570. The first-order valence-corrected chi connectivity index (χ1v) is 7.77. The minimum absolute atomic E-state index is 0.441. The molecule has 0 saturated carbocycles. The highest BCUT2D eigenvalue weighted by molar-refractivity contribution is 7.13. The standard InChI is InChI=1S/C16H20N2OS/c1-4-16(5-2,11-19)14-10-20-15(18-14)17-13-8-6-12(3)7-9-13/h6-11H,4-5H2,1-3H3,(H,17,18). The molecular weight excluding hydrogens is 268 g/mol. The van der Waals surface area contributed by atoms with Crippen LogP contribution in [0.25, 0.3) is 0 Å². The van der Waals surface area contributed by atoms with E-state index in [1.807, 2.05) is 31.4 Å². The molecule has 1 aromatic heterocycles. The molecule has 106 valence electrons. The van der Waals surface area contributed by atoms with Gasteiger partial charge < -0.3 is 10.1 Å². The molecule has 0 radical (unpaired) electrons. The molecule has 0 spiro atoms. The average Bonchev–Trinajstić information content (AvgIpc) is 2.93. The van der Waals surface area contributed by atoms with Crippen LogP contribution in [-0.2, 0) is 10.2 Å². The van der Waals surface area contributed by atoms with Gasteiger partial charge in [-0.15, -0.1) is 11.3 Å². The monoisotopic (exact) mass is 288 g/mol. The molecule has 2 aromatic rings. The number of hydrogen-bond donors (Lipinski definition) is 1. The molecule has 0 aliphatic rings. The Morgan fingerprint density at radius 2 is 1.90 bits per heavy atom. The van der Waals surface area contributed by atoms with Crippen molar-refractivity contribution in [2.75, 3.05) is 5.32 Å². The predicted octanol–water partition coefficient (Wildman–Crippen LogP) is 4.45. The number of thiazole rings is 1. The minimum Gasteiger partial charge on any atom is -0.332 e. The fraction of sp³-hybridized carbons (Fsp3) is 0.375. The molecule has 0 fully saturated rings. The SMILES string of the molecule is CCC(C=O)(CC)c1csc(Nc2ccc(C)cc2)n1. The van der Waals surface area contributed by atoms with Gasteiger partial charge in [0.25, 0.3) is 0 Å². The lowest BCUT2D eigenvalue weighted by molar-refractivity contribution is -0.113. The van der Waals surface area contributed by atoms with Crippen LogP contribution >= 0.6 is 11.3 Å². The lowest BCUT2D eigenvalue weighted by Crippen LogP contribution is -2.26. The van der Waals surface area contributed by atoms with Gasteiger partial charge in [0.05, 0.1) is 11.1 Å². The summed E-state index contributed by atoms with van der Waals surface area (Å²) >= 11 is 1.54. The second-order valence-electron chi connectivity index (χ2n) is 5.01. The van der Waals surface area contributed by atoms with Gasteiger partial charge in [-0.25, -0.2) is 4.98 Å². The van der Waals surface area contributed by atoms with Crippen LogP contribution in [0.1, 0.15) is 37.9 Å². The molecule has 2 rings (SSSR count). The Kier molecular flexibility index (Phi) is 4.55. The van der Waals surface area contributed by atoms with Crippen molar-refractivity contribution in [3.05, 3.63) is 40.9 Å². The molecule has 0 saturated heterocycles. The van der Waals surface area contributed by atoms with Gasteiger partial charge in [-0.3, -0.25) is 0 Å². The number of aromatic nitrogens is 1. The number of hydrogen-bond acceptors (Lipinski definition) is 4. The van der Waals surface area contributed by atoms with Crippen LogP contribution in [0.5, 0.6) is 0 Å². The number of anilines is 2. The van der Waals surface area contributed by atoms with E-state index in [-0.39, 0.29) is 0 Å². The number of carbonyl (C=O) groups excluding carboxylic acids is 1. The zero-order chi connectivity index (χ0) is 14.6. The molecule has 0 aliphatic heterocycles. The Labute approximate surface area is 124 Å². The Morgan fingerprint density at radius 1 is 1.25 bits per heavy atom. The normalized spacial score (nSPS) is 11.3. The summed E-state index contributed by atoms with van der Waals surface area (Å²) in [5.74, 6) is 0. The van der Waals surface area contributed by atoms with E-state index in [4.69, 9.17) is 0 Å². The summed E-state index contributed by atoms with van der Waals surface area (Å²) in [5.41, 5.74) is 2.68. The van der Waals surface area contributed by atoms with Gasteiger partial charge in [-0.2, -0.15) is 0 Å². The van der Waals surface area contributed by atoms with E-state index in [9.17, 15) is 4.79 Å². The van der Waals surface area contributed by atoms with Crippen molar-refractivity contribution in [3.63, 3.8) is 0 Å². The maximum atomic E-state index is 11.4. The summed E-state index contributed by atoms with van der Waals surface area (Å²) in [6.07, 6.45) is 2.60. The number of nitrogens with zero attached hydrogens (tertiary/aromatic N) is 1. The van der Waals surface area contributed by atoms with Gasteiger partial charge in [0.15, 0.2) is 5.13 Å². The third-order valence-electron chi connectivity index (χ3n) is 3.80. The zero-order valence-corrected chi connectivity index (χ0v) is 13.0.